The van der Waals surface area contributed by atoms with E-state index in [0.717, 1.165) is 17.7 Å². The van der Waals surface area contributed by atoms with Gasteiger partial charge < -0.3 is 90.7 Å². The van der Waals surface area contributed by atoms with Crippen LogP contribution in [0.3, 0.4) is 0 Å². The van der Waals surface area contributed by atoms with Gasteiger partial charge in [0.2, 0.25) is 76.8 Å². The van der Waals surface area contributed by atoms with E-state index >= 15 is 19.2 Å². The van der Waals surface area contributed by atoms with Crippen LogP contribution in [0.25, 0.3) is 32.1 Å². The van der Waals surface area contributed by atoms with E-state index in [-0.39, 0.29) is 76.3 Å². The number of carbonyl (C=O) groups is 14. The maximum absolute atomic E-state index is 15.3. The predicted octanol–water partition coefficient (Wildman–Crippen LogP) is -0.837. The summed E-state index contributed by atoms with van der Waals surface area (Å²) in [5.74, 6) is -14.3. The Labute approximate surface area is 613 Å². The third-order valence-corrected chi connectivity index (χ3v) is 17.8. The van der Waals surface area contributed by atoms with Gasteiger partial charge in [-0.2, -0.15) is 0 Å². The number of guanidine groups is 1. The second-order valence-corrected chi connectivity index (χ2v) is 26.5. The first-order chi connectivity index (χ1) is 50.6. The third kappa shape index (κ3) is 24.7. The summed E-state index contributed by atoms with van der Waals surface area (Å²) in [5, 5.41) is 43.5. The van der Waals surface area contributed by atoms with E-state index < -0.39 is 182 Å². The highest BCUT2D eigenvalue weighted by molar-refractivity contribution is 6.30. The van der Waals surface area contributed by atoms with E-state index in [2.05, 4.69) is 78.5 Å². The Balaban J connectivity index is 1.25. The molecule has 0 spiro atoms. The number of amides is 13. The summed E-state index contributed by atoms with van der Waals surface area (Å²) < 4.78 is 0. The van der Waals surface area contributed by atoms with E-state index in [1.54, 1.807) is 86.8 Å². The number of aromatic nitrogens is 1. The lowest BCUT2D eigenvalue weighted by Crippen LogP contribution is -2.61. The van der Waals surface area contributed by atoms with Crippen molar-refractivity contribution in [1.82, 2.24) is 68.4 Å². The normalized spacial score (nSPS) is 19.7. The van der Waals surface area contributed by atoms with E-state index in [9.17, 15) is 58.6 Å². The van der Waals surface area contributed by atoms with Crippen LogP contribution in [0.4, 0.5) is 0 Å². The lowest BCUT2D eigenvalue weighted by Gasteiger charge is -2.31. The molecule has 1 aromatic heterocycles. The molecular formula is C70H89ClN20O15. The number of rotatable bonds is 26. The monoisotopic (exact) mass is 1480 g/mol. The van der Waals surface area contributed by atoms with Crippen molar-refractivity contribution in [3.8, 4) is 0 Å². The topological polar surface area (TPSA) is 550 Å². The number of hydrogen-bond acceptors (Lipinski definition) is 16. The minimum atomic E-state index is -2.04. The van der Waals surface area contributed by atoms with Gasteiger partial charge in [-0.25, -0.2) is 4.79 Å². The SMILES string of the molecule is CC(=O)N[C@H]1CCC(=O)NCC(=O)NCC[C@H](C(=O)N[C@H](Cc2ccc3ccccc3c2)C(=O)N[C@@H](CC(C)C)C(=O)N[C@@H](CCCN=C(N)N)C(=O)N2CCC[C@H]2C(=O)N[C@@H](CN)C(=O)O)NC(=O)[C@H](CC(=O)N=[N+]=[N-])NC(=O)[C@@H](Cc2c[nH]c3ccccc23)NC(=O)[C@@H](Cc2ccc(Cl)cc2)NC1=O. The number of para-hydroxylation sites is 1. The number of aromatic amines is 1. The van der Waals surface area contributed by atoms with Crippen LogP contribution < -0.4 is 75.7 Å². The summed E-state index contributed by atoms with van der Waals surface area (Å²) in [6.07, 6.45) is -1.28. The van der Waals surface area contributed by atoms with Crippen molar-refractivity contribution in [3.63, 3.8) is 0 Å². The minimum absolute atomic E-state index is 0.00640. The van der Waals surface area contributed by atoms with Gasteiger partial charge in [0, 0.05) is 92.2 Å². The number of H-pyrrole nitrogens is 1. The summed E-state index contributed by atoms with van der Waals surface area (Å²) in [6.45, 7) is 3.08. The van der Waals surface area contributed by atoms with Crippen molar-refractivity contribution < 1.29 is 72.2 Å². The van der Waals surface area contributed by atoms with Crippen LogP contribution in [-0.2, 0) is 86.4 Å². The fourth-order valence-electron chi connectivity index (χ4n) is 12.2. The number of halogens is 1. The zero-order chi connectivity index (χ0) is 77.1. The first-order valence-electron chi connectivity index (χ1n) is 34.5. The van der Waals surface area contributed by atoms with Crippen molar-refractivity contribution >= 4 is 122 Å². The highest BCUT2D eigenvalue weighted by atomic mass is 35.5. The Hall–Kier alpha value is -11.7. The van der Waals surface area contributed by atoms with Gasteiger partial charge in [-0.3, -0.25) is 67.3 Å². The zero-order valence-corrected chi connectivity index (χ0v) is 59.4. The zero-order valence-electron chi connectivity index (χ0n) is 58.6. The molecule has 36 heteroatoms. The van der Waals surface area contributed by atoms with E-state index in [1.807, 2.05) is 12.1 Å². The smallest absolute Gasteiger partial charge is 0.327 e. The summed E-state index contributed by atoms with van der Waals surface area (Å²) in [6, 6.07) is 9.94. The van der Waals surface area contributed by atoms with Crippen LogP contribution in [0.1, 0.15) is 95.2 Å². The lowest BCUT2D eigenvalue weighted by atomic mass is 9.98. The van der Waals surface area contributed by atoms with Crippen LogP contribution in [0.5, 0.6) is 0 Å². The molecule has 10 atom stereocenters. The summed E-state index contributed by atoms with van der Waals surface area (Å²) >= 11 is 6.21. The number of aliphatic carboxylic acids is 1. The molecule has 0 saturated carbocycles. The molecule has 4 aromatic carbocycles. The Kier molecular flexibility index (Phi) is 30.6. The average molecular weight is 1490 g/mol. The van der Waals surface area contributed by atoms with Crippen LogP contribution >= 0.6 is 11.6 Å². The first-order valence-corrected chi connectivity index (χ1v) is 34.8. The molecule has 0 aliphatic carbocycles. The number of hydrogen-bond donors (Lipinski definition) is 16. The van der Waals surface area contributed by atoms with E-state index in [0.29, 0.717) is 39.0 Å². The van der Waals surface area contributed by atoms with Crippen molar-refractivity contribution in [2.75, 3.05) is 32.7 Å². The second kappa shape index (κ2) is 39.8. The highest BCUT2D eigenvalue weighted by Gasteiger charge is 2.41. The molecule has 2 saturated heterocycles. The minimum Gasteiger partial charge on any atom is -0.480 e. The van der Waals surface area contributed by atoms with Crippen LogP contribution in [0.2, 0.25) is 5.02 Å². The third-order valence-electron chi connectivity index (χ3n) is 17.5. The molecule has 19 N–H and O–H groups in total. The first kappa shape index (κ1) is 81.6. The molecule has 7 rings (SSSR count). The number of azide groups is 1. The number of nitrogens with zero attached hydrogens (tertiary/aromatic N) is 5. The van der Waals surface area contributed by atoms with Gasteiger partial charge in [0.15, 0.2) is 5.96 Å². The highest BCUT2D eigenvalue weighted by Crippen LogP contribution is 2.24. The number of fused-ring (bicyclic) bond motifs is 2. The van der Waals surface area contributed by atoms with Crippen molar-refractivity contribution in [3.05, 3.63) is 129 Å². The molecule has 2 aliphatic heterocycles. The predicted molar refractivity (Wildman–Crippen MR) is 387 cm³/mol. The van der Waals surface area contributed by atoms with E-state index in [1.165, 1.54) is 17.0 Å². The van der Waals surface area contributed by atoms with Crippen molar-refractivity contribution in [2.24, 2.45) is 33.2 Å². The van der Waals surface area contributed by atoms with Gasteiger partial charge in [0.25, 0.3) is 0 Å². The quantitative estimate of drug-likeness (QED) is 0.00802. The van der Waals surface area contributed by atoms with Gasteiger partial charge in [-0.15, -0.1) is 0 Å². The number of carboxylic acids is 1. The molecule has 13 amide bonds. The van der Waals surface area contributed by atoms with Crippen LogP contribution in [0.15, 0.2) is 107 Å². The lowest BCUT2D eigenvalue weighted by molar-refractivity contribution is -0.145. The molecule has 0 bridgehead atoms. The largest absolute Gasteiger partial charge is 0.480 e. The second-order valence-electron chi connectivity index (χ2n) is 26.1. The van der Waals surface area contributed by atoms with E-state index in [4.69, 9.17) is 28.8 Å². The Bertz CT molecular complexity index is 4140. The average Bonchev–Trinajstić information content (AvgIpc) is 1.50. The molecule has 2 fully saturated rings. The van der Waals surface area contributed by atoms with Crippen LogP contribution in [0, 0.1) is 5.92 Å². The summed E-state index contributed by atoms with van der Waals surface area (Å²) in [4.78, 5) is 208. The molecule has 0 unspecified atom stereocenters. The molecular weight excluding hydrogens is 1400 g/mol. The molecule has 3 heterocycles. The Morgan fingerprint density at radius 3 is 2.04 bits per heavy atom. The molecule has 5 aromatic rings. The maximum atomic E-state index is 15.3. The van der Waals surface area contributed by atoms with Gasteiger partial charge in [-0.1, -0.05) is 98.2 Å². The van der Waals surface area contributed by atoms with Gasteiger partial charge >= 0.3 is 5.97 Å². The maximum Gasteiger partial charge on any atom is 0.327 e. The standard InChI is InChI=1S/C70H89ClN20O15/c1-37(2)28-50(62(98)82-49(14-8-25-77-70(73)74)68(104)91-27-9-15-56(91)67(103)88-55(34-72)69(105)106)83-64(100)52(31-40-16-19-41-10-4-5-11-42(41)29-40)85-61(97)48-24-26-76-59(95)36-79-57(93)23-22-47(80-38(3)92)60(96)84-51(30-39-17-20-44(71)21-18-39)63(99)86-53(32-43-35-78-46-13-7-6-12-45(43)46)65(101)87-54(66(102)81-48)33-58(94)89-90-75/h4-7,10-13,16-21,29,35,37,47-56,78H,8-9,14-15,22-28,30-34,36,72H2,1-3H3,(H,76,95)(H,79,93)(H,80,92)(H,81,102)(H,82,98)(H,83,100)(H,84,96)(H,85,97)(H,86,99)(H,87,101)(H,88,103)(H,105,106)(H4,73,74,77)/t47-,48+,49-,50-,51+,52+,53+,54-,55-,56-/m0/s1. The molecule has 566 valence electrons. The number of nitrogens with two attached hydrogens (primary N) is 3. The molecule has 2 aliphatic rings. The number of nitrogens with one attached hydrogen (secondary N) is 12. The number of likely N-dealkylation sites (tertiary alicyclic amines) is 1. The van der Waals surface area contributed by atoms with Crippen molar-refractivity contribution in [2.45, 2.75) is 158 Å². The fourth-order valence-corrected chi connectivity index (χ4v) is 12.3. The number of carboxylic acid groups (broad SMARTS) is 1. The molecule has 106 heavy (non-hydrogen) atoms. The van der Waals surface area contributed by atoms with Crippen molar-refractivity contribution in [1.29, 1.82) is 0 Å². The number of aliphatic imine (C=N–C) groups is 1. The summed E-state index contributed by atoms with van der Waals surface area (Å²) in [7, 11) is 0. The Morgan fingerprint density at radius 2 is 1.35 bits per heavy atom. The van der Waals surface area contributed by atoms with Gasteiger partial charge in [0.05, 0.1) is 6.54 Å². The Morgan fingerprint density at radius 1 is 0.708 bits per heavy atom. The fraction of sp³-hybridized carbons (Fsp3) is 0.443. The van der Waals surface area contributed by atoms with Crippen LogP contribution in [-0.4, -0.2) is 197 Å². The molecule has 0 radical (unpaired) electrons. The summed E-state index contributed by atoms with van der Waals surface area (Å²) in [5.41, 5.74) is 28.2. The van der Waals surface area contributed by atoms with Gasteiger partial charge in [0.1, 0.15) is 60.4 Å². The number of carbonyl (C=O) groups excluding carboxylic acids is 13. The number of benzene rings is 4. The van der Waals surface area contributed by atoms with Gasteiger partial charge in [-0.05, 0) is 107 Å². The molecule has 35 nitrogen and oxygen atoms in total.